The molecule has 0 aromatic heterocycles. The summed E-state index contributed by atoms with van der Waals surface area (Å²) in [4.78, 5) is 1.23. The summed E-state index contributed by atoms with van der Waals surface area (Å²) in [7, 11) is 1.69. The molecule has 2 aliphatic rings. The SMILES string of the molecule is COc1cccc(C2=NN3[C@@H](C2)c2cc(Br)ccc2O[C@H]3c2ccc(SC)cc2)c1. The van der Waals surface area contributed by atoms with Crippen molar-refractivity contribution in [1.82, 2.24) is 5.01 Å². The molecular weight excluding hydrogens is 460 g/mol. The van der Waals surface area contributed by atoms with Gasteiger partial charge in [-0.2, -0.15) is 5.10 Å². The van der Waals surface area contributed by atoms with E-state index in [-0.39, 0.29) is 12.3 Å². The van der Waals surface area contributed by atoms with Crippen molar-refractivity contribution in [3.8, 4) is 11.5 Å². The standard InChI is InChI=1S/C24H21BrN2O2S/c1-28-18-5-3-4-16(12-18)21-14-22-20-13-17(25)8-11-23(20)29-24(27(22)26-21)15-6-9-19(30-2)10-7-15/h3-13,22,24H,14H2,1-2H3/t22-,24-/m0/s1. The third-order valence-corrected chi connectivity index (χ3v) is 6.79. The van der Waals surface area contributed by atoms with E-state index in [2.05, 4.69) is 63.6 Å². The van der Waals surface area contributed by atoms with Crippen LogP contribution in [0.3, 0.4) is 0 Å². The smallest absolute Gasteiger partial charge is 0.213 e. The van der Waals surface area contributed by atoms with Crippen LogP contribution in [-0.4, -0.2) is 24.1 Å². The molecule has 0 bridgehead atoms. The lowest BCUT2D eigenvalue weighted by molar-refractivity contribution is -0.0191. The zero-order chi connectivity index (χ0) is 20.7. The number of ether oxygens (including phenoxy) is 2. The maximum atomic E-state index is 6.46. The lowest BCUT2D eigenvalue weighted by Crippen LogP contribution is -2.33. The summed E-state index contributed by atoms with van der Waals surface area (Å²) in [5.74, 6) is 1.75. The quantitative estimate of drug-likeness (QED) is 0.403. The molecule has 0 unspecified atom stereocenters. The van der Waals surface area contributed by atoms with Crippen LogP contribution in [0.5, 0.6) is 11.5 Å². The van der Waals surface area contributed by atoms with Crippen LogP contribution in [0.4, 0.5) is 0 Å². The van der Waals surface area contributed by atoms with Crippen LogP contribution in [0.25, 0.3) is 0 Å². The molecule has 0 saturated heterocycles. The predicted molar refractivity (Wildman–Crippen MR) is 124 cm³/mol. The lowest BCUT2D eigenvalue weighted by Gasteiger charge is -2.38. The Hall–Kier alpha value is -2.44. The fourth-order valence-electron chi connectivity index (χ4n) is 4.02. The van der Waals surface area contributed by atoms with Gasteiger partial charge in [0.2, 0.25) is 6.23 Å². The fraction of sp³-hybridized carbons (Fsp3) is 0.208. The van der Waals surface area contributed by atoms with E-state index in [1.54, 1.807) is 18.9 Å². The summed E-state index contributed by atoms with van der Waals surface area (Å²) in [6, 6.07) is 23.0. The molecule has 0 fully saturated rings. The second kappa shape index (κ2) is 8.00. The van der Waals surface area contributed by atoms with E-state index >= 15 is 0 Å². The molecule has 0 radical (unpaired) electrons. The van der Waals surface area contributed by atoms with Crippen molar-refractivity contribution >= 4 is 33.4 Å². The summed E-state index contributed by atoms with van der Waals surface area (Å²) >= 11 is 5.35. The van der Waals surface area contributed by atoms with Crippen LogP contribution in [-0.2, 0) is 0 Å². The van der Waals surface area contributed by atoms with Crippen molar-refractivity contribution in [3.05, 3.63) is 87.9 Å². The molecule has 0 amide bonds. The monoisotopic (exact) mass is 480 g/mol. The summed E-state index contributed by atoms with van der Waals surface area (Å²) < 4.78 is 12.9. The van der Waals surface area contributed by atoms with E-state index in [4.69, 9.17) is 14.6 Å². The van der Waals surface area contributed by atoms with Gasteiger partial charge in [0.25, 0.3) is 0 Å². The molecule has 3 aromatic carbocycles. The van der Waals surface area contributed by atoms with Gasteiger partial charge in [0, 0.05) is 32.5 Å². The number of hydrogen-bond donors (Lipinski definition) is 0. The molecular formula is C24H21BrN2O2S. The molecule has 2 atom stereocenters. The second-order valence-corrected chi connectivity index (χ2v) is 9.10. The van der Waals surface area contributed by atoms with Gasteiger partial charge >= 0.3 is 0 Å². The first-order valence-electron chi connectivity index (χ1n) is 9.76. The first-order valence-corrected chi connectivity index (χ1v) is 11.8. The van der Waals surface area contributed by atoms with Crippen LogP contribution in [0.2, 0.25) is 0 Å². The minimum Gasteiger partial charge on any atom is -0.497 e. The van der Waals surface area contributed by atoms with Crippen LogP contribution in [0, 0.1) is 0 Å². The highest BCUT2D eigenvalue weighted by Crippen LogP contribution is 2.48. The van der Waals surface area contributed by atoms with E-state index in [1.807, 2.05) is 30.3 Å². The van der Waals surface area contributed by atoms with E-state index < -0.39 is 0 Å². The molecule has 6 heteroatoms. The van der Waals surface area contributed by atoms with Crippen LogP contribution >= 0.6 is 27.7 Å². The number of thioether (sulfide) groups is 1. The van der Waals surface area contributed by atoms with Crippen molar-refractivity contribution in [1.29, 1.82) is 0 Å². The summed E-state index contributed by atoms with van der Waals surface area (Å²) in [5, 5.41) is 7.14. The van der Waals surface area contributed by atoms with E-state index in [1.165, 1.54) is 4.90 Å². The number of methoxy groups -OCH3 is 1. The predicted octanol–water partition coefficient (Wildman–Crippen LogP) is 6.42. The van der Waals surface area contributed by atoms with Crippen LogP contribution in [0.15, 0.2) is 81.2 Å². The highest BCUT2D eigenvalue weighted by atomic mass is 79.9. The van der Waals surface area contributed by atoms with Gasteiger partial charge in [-0.05, 0) is 48.7 Å². The lowest BCUT2D eigenvalue weighted by atomic mass is 9.96. The number of hydrazone groups is 1. The Morgan fingerprint density at radius 1 is 1.10 bits per heavy atom. The van der Waals surface area contributed by atoms with Crippen molar-refractivity contribution in [2.24, 2.45) is 5.10 Å². The van der Waals surface area contributed by atoms with Gasteiger partial charge in [0.15, 0.2) is 0 Å². The number of nitrogens with zero attached hydrogens (tertiary/aromatic N) is 2. The van der Waals surface area contributed by atoms with E-state index in [0.717, 1.165) is 44.8 Å². The summed E-state index contributed by atoms with van der Waals surface area (Å²) in [6.07, 6.45) is 2.64. The molecule has 0 saturated carbocycles. The fourth-order valence-corrected chi connectivity index (χ4v) is 4.81. The molecule has 30 heavy (non-hydrogen) atoms. The van der Waals surface area contributed by atoms with E-state index in [0.29, 0.717) is 0 Å². The van der Waals surface area contributed by atoms with Gasteiger partial charge < -0.3 is 9.47 Å². The molecule has 0 N–H and O–H groups in total. The zero-order valence-corrected chi connectivity index (χ0v) is 19.1. The highest BCUT2D eigenvalue weighted by molar-refractivity contribution is 9.10. The molecule has 3 aromatic rings. The van der Waals surface area contributed by atoms with Gasteiger partial charge in [-0.15, -0.1) is 11.8 Å². The average Bonchev–Trinajstić information content (AvgIpc) is 3.25. The van der Waals surface area contributed by atoms with Crippen LogP contribution in [0.1, 0.15) is 35.4 Å². The highest BCUT2D eigenvalue weighted by Gasteiger charge is 2.41. The Kier molecular flexibility index (Phi) is 5.21. The summed E-state index contributed by atoms with van der Waals surface area (Å²) in [5.41, 5.74) is 4.38. The number of hydrogen-bond acceptors (Lipinski definition) is 5. The Morgan fingerprint density at radius 3 is 2.70 bits per heavy atom. The van der Waals surface area contributed by atoms with Crippen molar-refractivity contribution in [2.45, 2.75) is 23.6 Å². The van der Waals surface area contributed by atoms with Crippen LogP contribution < -0.4 is 9.47 Å². The molecule has 5 rings (SSSR count). The third kappa shape index (κ3) is 3.48. The first-order chi connectivity index (χ1) is 14.7. The number of halogens is 1. The van der Waals surface area contributed by atoms with Crippen molar-refractivity contribution < 1.29 is 9.47 Å². The third-order valence-electron chi connectivity index (χ3n) is 5.56. The van der Waals surface area contributed by atoms with Gasteiger partial charge in [0.05, 0.1) is 18.9 Å². The Labute approximate surface area is 189 Å². The molecule has 2 heterocycles. The van der Waals surface area contributed by atoms with Crippen molar-refractivity contribution in [3.63, 3.8) is 0 Å². The molecule has 2 aliphatic heterocycles. The maximum Gasteiger partial charge on any atom is 0.213 e. The largest absolute Gasteiger partial charge is 0.497 e. The first kappa shape index (κ1) is 19.5. The topological polar surface area (TPSA) is 34.1 Å². The van der Waals surface area contributed by atoms with Gasteiger partial charge in [-0.3, -0.25) is 0 Å². The van der Waals surface area contributed by atoms with Crippen molar-refractivity contribution in [2.75, 3.05) is 13.4 Å². The zero-order valence-electron chi connectivity index (χ0n) is 16.7. The van der Waals surface area contributed by atoms with E-state index in [9.17, 15) is 0 Å². The molecule has 0 spiro atoms. The molecule has 152 valence electrons. The number of rotatable bonds is 4. The Balaban J connectivity index is 1.58. The second-order valence-electron chi connectivity index (χ2n) is 7.30. The average molecular weight is 481 g/mol. The maximum absolute atomic E-state index is 6.46. The Bertz CT molecular complexity index is 1120. The minimum absolute atomic E-state index is 0.123. The number of fused-ring (bicyclic) bond motifs is 3. The number of benzene rings is 3. The molecule has 0 aliphatic carbocycles. The minimum atomic E-state index is -0.261. The Morgan fingerprint density at radius 2 is 1.93 bits per heavy atom. The van der Waals surface area contributed by atoms with Gasteiger partial charge in [-0.1, -0.05) is 40.2 Å². The van der Waals surface area contributed by atoms with Gasteiger partial charge in [-0.25, -0.2) is 5.01 Å². The molecule has 4 nitrogen and oxygen atoms in total. The summed E-state index contributed by atoms with van der Waals surface area (Å²) in [6.45, 7) is 0. The van der Waals surface area contributed by atoms with Gasteiger partial charge in [0.1, 0.15) is 11.5 Å². The normalized spacial score (nSPS) is 19.6.